The van der Waals surface area contributed by atoms with E-state index in [0.29, 0.717) is 0 Å². The molecule has 0 amide bonds. The number of ether oxygens (including phenoxy) is 1. The van der Waals surface area contributed by atoms with Gasteiger partial charge in [-0.2, -0.15) is 0 Å². The average molecular weight is 223 g/mol. The van der Waals surface area contributed by atoms with Crippen LogP contribution < -0.4 is 5.32 Å². The first kappa shape index (κ1) is 12.8. The predicted molar refractivity (Wildman–Crippen MR) is 53.1 cm³/mol. The van der Waals surface area contributed by atoms with E-state index in [4.69, 9.17) is 4.74 Å². The van der Waals surface area contributed by atoms with Gasteiger partial charge in [-0.3, -0.25) is 0 Å². The van der Waals surface area contributed by atoms with Gasteiger partial charge < -0.3 is 15.2 Å². The van der Waals surface area contributed by atoms with Crippen molar-refractivity contribution in [2.75, 3.05) is 19.7 Å². The minimum atomic E-state index is -2.37. The van der Waals surface area contributed by atoms with Crippen molar-refractivity contribution in [3.63, 3.8) is 0 Å². The normalized spacial score (nSPS) is 20.0. The summed E-state index contributed by atoms with van der Waals surface area (Å²) >= 11 is 0. The average Bonchev–Trinajstić information content (AvgIpc) is 2.66. The molecule has 1 unspecified atom stereocenters. The lowest BCUT2D eigenvalue weighted by Gasteiger charge is -2.15. The molecule has 1 aliphatic carbocycles. The van der Waals surface area contributed by atoms with E-state index >= 15 is 0 Å². The topological polar surface area (TPSA) is 41.5 Å². The molecule has 1 rings (SSSR count). The minimum absolute atomic E-state index is 0.164. The SMILES string of the molecule is OC(CNCC(F)F)COC1CCCC1. The van der Waals surface area contributed by atoms with E-state index in [0.717, 1.165) is 12.8 Å². The lowest BCUT2D eigenvalue weighted by Crippen LogP contribution is -2.34. The molecule has 1 fully saturated rings. The van der Waals surface area contributed by atoms with E-state index in [1.165, 1.54) is 12.8 Å². The smallest absolute Gasteiger partial charge is 0.250 e. The molecule has 0 saturated heterocycles. The Morgan fingerprint density at radius 2 is 1.93 bits per heavy atom. The molecule has 1 saturated carbocycles. The monoisotopic (exact) mass is 223 g/mol. The van der Waals surface area contributed by atoms with Gasteiger partial charge in [0.05, 0.1) is 25.4 Å². The molecule has 0 aromatic carbocycles. The fourth-order valence-corrected chi connectivity index (χ4v) is 1.72. The molecule has 0 spiro atoms. The lowest BCUT2D eigenvalue weighted by atomic mass is 10.3. The number of aliphatic hydroxyl groups excluding tert-OH is 1. The number of hydrogen-bond donors (Lipinski definition) is 2. The first-order chi connectivity index (χ1) is 7.18. The summed E-state index contributed by atoms with van der Waals surface area (Å²) in [4.78, 5) is 0. The highest BCUT2D eigenvalue weighted by Gasteiger charge is 2.16. The van der Waals surface area contributed by atoms with Gasteiger partial charge in [0.1, 0.15) is 0 Å². The van der Waals surface area contributed by atoms with E-state index in [2.05, 4.69) is 5.32 Å². The number of hydrogen-bond acceptors (Lipinski definition) is 3. The van der Waals surface area contributed by atoms with E-state index in [9.17, 15) is 13.9 Å². The molecule has 0 radical (unpaired) electrons. The zero-order valence-corrected chi connectivity index (χ0v) is 8.79. The fourth-order valence-electron chi connectivity index (χ4n) is 1.72. The van der Waals surface area contributed by atoms with Gasteiger partial charge in [0.2, 0.25) is 0 Å². The Morgan fingerprint density at radius 3 is 2.53 bits per heavy atom. The highest BCUT2D eigenvalue weighted by atomic mass is 19.3. The van der Waals surface area contributed by atoms with E-state index in [1.807, 2.05) is 0 Å². The van der Waals surface area contributed by atoms with Gasteiger partial charge in [-0.05, 0) is 12.8 Å². The second kappa shape index (κ2) is 7.09. The molecule has 2 N–H and O–H groups in total. The van der Waals surface area contributed by atoms with Crippen LogP contribution in [-0.2, 0) is 4.74 Å². The van der Waals surface area contributed by atoms with Crippen molar-refractivity contribution < 1.29 is 18.6 Å². The van der Waals surface area contributed by atoms with Crippen LogP contribution in [0.4, 0.5) is 8.78 Å². The van der Waals surface area contributed by atoms with Crippen LogP contribution >= 0.6 is 0 Å². The fraction of sp³-hybridized carbons (Fsp3) is 1.00. The first-order valence-corrected chi connectivity index (χ1v) is 5.47. The maximum absolute atomic E-state index is 11.7. The van der Waals surface area contributed by atoms with Crippen molar-refractivity contribution in [2.45, 2.75) is 44.3 Å². The first-order valence-electron chi connectivity index (χ1n) is 5.47. The van der Waals surface area contributed by atoms with Gasteiger partial charge in [0.25, 0.3) is 6.43 Å². The van der Waals surface area contributed by atoms with Crippen molar-refractivity contribution in [2.24, 2.45) is 0 Å². The quantitative estimate of drug-likeness (QED) is 0.680. The van der Waals surface area contributed by atoms with Crippen molar-refractivity contribution in [1.29, 1.82) is 0 Å². The minimum Gasteiger partial charge on any atom is -0.389 e. The second-order valence-electron chi connectivity index (χ2n) is 3.94. The summed E-state index contributed by atoms with van der Waals surface area (Å²) in [6, 6.07) is 0. The third-order valence-corrected chi connectivity index (χ3v) is 2.51. The summed E-state index contributed by atoms with van der Waals surface area (Å²) in [5.74, 6) is 0. The van der Waals surface area contributed by atoms with Crippen molar-refractivity contribution >= 4 is 0 Å². The summed E-state index contributed by atoms with van der Waals surface area (Å²) in [6.07, 6.45) is 1.68. The van der Waals surface area contributed by atoms with Gasteiger partial charge in [-0.25, -0.2) is 8.78 Å². The summed E-state index contributed by atoms with van der Waals surface area (Å²) in [5.41, 5.74) is 0. The van der Waals surface area contributed by atoms with Gasteiger partial charge in [0.15, 0.2) is 0 Å². The van der Waals surface area contributed by atoms with Crippen LogP contribution in [0.1, 0.15) is 25.7 Å². The van der Waals surface area contributed by atoms with Crippen LogP contribution in [0.15, 0.2) is 0 Å². The largest absolute Gasteiger partial charge is 0.389 e. The summed E-state index contributed by atoms with van der Waals surface area (Å²) < 4.78 is 28.9. The molecule has 0 aliphatic heterocycles. The van der Waals surface area contributed by atoms with Crippen LogP contribution in [0.3, 0.4) is 0 Å². The Labute approximate surface area is 88.8 Å². The molecule has 15 heavy (non-hydrogen) atoms. The Balaban J connectivity index is 1.95. The van der Waals surface area contributed by atoms with Crippen molar-refractivity contribution in [1.82, 2.24) is 5.32 Å². The van der Waals surface area contributed by atoms with E-state index in [1.54, 1.807) is 0 Å². The Hall–Kier alpha value is -0.260. The molecular formula is C10H19F2NO2. The highest BCUT2D eigenvalue weighted by molar-refractivity contribution is 4.68. The number of rotatable bonds is 7. The highest BCUT2D eigenvalue weighted by Crippen LogP contribution is 2.20. The second-order valence-corrected chi connectivity index (χ2v) is 3.94. The number of nitrogens with one attached hydrogen (secondary N) is 1. The number of alkyl halides is 2. The molecule has 0 bridgehead atoms. The van der Waals surface area contributed by atoms with Crippen molar-refractivity contribution in [3.05, 3.63) is 0 Å². The van der Waals surface area contributed by atoms with Crippen LogP contribution in [0.5, 0.6) is 0 Å². The molecule has 1 atom stereocenters. The van der Waals surface area contributed by atoms with Gasteiger partial charge in [0, 0.05) is 6.54 Å². The van der Waals surface area contributed by atoms with E-state index in [-0.39, 0.29) is 25.8 Å². The maximum Gasteiger partial charge on any atom is 0.250 e. The van der Waals surface area contributed by atoms with Gasteiger partial charge in [-0.15, -0.1) is 0 Å². The molecule has 3 nitrogen and oxygen atoms in total. The zero-order chi connectivity index (χ0) is 11.1. The van der Waals surface area contributed by atoms with Crippen LogP contribution in [0.2, 0.25) is 0 Å². The molecule has 5 heteroatoms. The Bertz CT molecular complexity index is 164. The number of aliphatic hydroxyl groups is 1. The van der Waals surface area contributed by atoms with Crippen LogP contribution in [0.25, 0.3) is 0 Å². The molecule has 90 valence electrons. The predicted octanol–water partition coefficient (Wildman–Crippen LogP) is 1.16. The third-order valence-electron chi connectivity index (χ3n) is 2.51. The van der Waals surface area contributed by atoms with Crippen LogP contribution in [0, 0.1) is 0 Å². The summed E-state index contributed by atoms with van der Waals surface area (Å²) in [6.45, 7) is 0.0262. The standard InChI is InChI=1S/C10H19F2NO2/c11-10(12)6-13-5-8(14)7-15-9-3-1-2-4-9/h8-10,13-14H,1-7H2. The molecule has 0 heterocycles. The molecule has 0 aromatic rings. The molecule has 0 aromatic heterocycles. The van der Waals surface area contributed by atoms with Gasteiger partial charge in [-0.1, -0.05) is 12.8 Å². The molecule has 1 aliphatic rings. The van der Waals surface area contributed by atoms with E-state index < -0.39 is 12.5 Å². The maximum atomic E-state index is 11.7. The Kier molecular flexibility index (Phi) is 6.05. The molecular weight excluding hydrogens is 204 g/mol. The van der Waals surface area contributed by atoms with Crippen LogP contribution in [-0.4, -0.2) is 43.4 Å². The summed E-state index contributed by atoms with van der Waals surface area (Å²) in [5, 5.41) is 11.9. The van der Waals surface area contributed by atoms with Gasteiger partial charge >= 0.3 is 0 Å². The Morgan fingerprint density at radius 1 is 1.27 bits per heavy atom. The van der Waals surface area contributed by atoms with Crippen molar-refractivity contribution in [3.8, 4) is 0 Å². The zero-order valence-electron chi connectivity index (χ0n) is 8.79. The third kappa shape index (κ3) is 6.02. The summed E-state index contributed by atoms with van der Waals surface area (Å²) in [7, 11) is 0. The number of halogens is 2. The lowest BCUT2D eigenvalue weighted by molar-refractivity contribution is -0.00656.